The number of rotatable bonds is 3. The van der Waals surface area contributed by atoms with Crippen LogP contribution in [0.15, 0.2) is 72.8 Å². The molecule has 0 fully saturated rings. The third-order valence-corrected chi connectivity index (χ3v) is 3.89. The summed E-state index contributed by atoms with van der Waals surface area (Å²) >= 11 is 5.41. The number of hydrogen-bond acceptors (Lipinski definition) is 1. The van der Waals surface area contributed by atoms with Gasteiger partial charge in [0.2, 0.25) is 0 Å². The van der Waals surface area contributed by atoms with Crippen LogP contribution in [-0.2, 0) is 0 Å². The average molecular weight is 306 g/mol. The van der Waals surface area contributed by atoms with Crippen LogP contribution in [0.5, 0.6) is 0 Å². The predicted molar refractivity (Wildman–Crippen MR) is 98.2 cm³/mol. The molecular formula is C19H18N2S. The fourth-order valence-electron chi connectivity index (χ4n) is 2.59. The van der Waals surface area contributed by atoms with Crippen molar-refractivity contribution in [2.24, 2.45) is 0 Å². The monoisotopic (exact) mass is 306 g/mol. The molecule has 0 aliphatic heterocycles. The molecule has 3 rings (SSSR count). The van der Waals surface area contributed by atoms with Crippen LogP contribution in [0.4, 0.5) is 5.69 Å². The van der Waals surface area contributed by atoms with Gasteiger partial charge in [0.05, 0.1) is 6.04 Å². The van der Waals surface area contributed by atoms with Crippen LogP contribution in [0.25, 0.3) is 10.8 Å². The van der Waals surface area contributed by atoms with Gasteiger partial charge in [0.15, 0.2) is 5.11 Å². The van der Waals surface area contributed by atoms with E-state index >= 15 is 0 Å². The van der Waals surface area contributed by atoms with E-state index in [1.807, 2.05) is 30.3 Å². The van der Waals surface area contributed by atoms with E-state index < -0.39 is 0 Å². The number of para-hydroxylation sites is 1. The molecule has 0 aromatic heterocycles. The summed E-state index contributed by atoms with van der Waals surface area (Å²) in [4.78, 5) is 0. The highest BCUT2D eigenvalue weighted by molar-refractivity contribution is 7.80. The zero-order chi connectivity index (χ0) is 15.4. The SMILES string of the molecule is C[C@@H](NC(=S)Nc1ccccc1)c1cccc2ccccc12. The minimum atomic E-state index is 0.134. The summed E-state index contributed by atoms with van der Waals surface area (Å²) in [6, 6.07) is 24.9. The first kappa shape index (κ1) is 14.5. The van der Waals surface area contributed by atoms with Crippen molar-refractivity contribution in [3.8, 4) is 0 Å². The molecule has 22 heavy (non-hydrogen) atoms. The Hall–Kier alpha value is -2.39. The summed E-state index contributed by atoms with van der Waals surface area (Å²) in [7, 11) is 0. The molecule has 0 saturated heterocycles. The smallest absolute Gasteiger partial charge is 0.171 e. The number of anilines is 1. The number of fused-ring (bicyclic) bond motifs is 1. The van der Waals surface area contributed by atoms with Gasteiger partial charge in [0.1, 0.15) is 0 Å². The molecule has 3 aromatic carbocycles. The number of thiocarbonyl (C=S) groups is 1. The summed E-state index contributed by atoms with van der Waals surface area (Å²) in [5, 5.41) is 9.70. The second-order valence-corrected chi connectivity index (χ2v) is 5.66. The predicted octanol–water partition coefficient (Wildman–Crippen LogP) is 4.89. The summed E-state index contributed by atoms with van der Waals surface area (Å²) in [6.07, 6.45) is 0. The van der Waals surface area contributed by atoms with Gasteiger partial charge in [-0.05, 0) is 47.6 Å². The third kappa shape index (κ3) is 3.26. The Bertz CT molecular complexity index is 778. The van der Waals surface area contributed by atoms with E-state index in [-0.39, 0.29) is 6.04 Å². The lowest BCUT2D eigenvalue weighted by molar-refractivity contribution is 0.729. The first-order valence-electron chi connectivity index (χ1n) is 7.34. The van der Waals surface area contributed by atoms with Crippen molar-refractivity contribution >= 4 is 33.8 Å². The van der Waals surface area contributed by atoms with Crippen molar-refractivity contribution in [2.45, 2.75) is 13.0 Å². The van der Waals surface area contributed by atoms with E-state index in [0.29, 0.717) is 5.11 Å². The normalized spacial score (nSPS) is 11.9. The number of hydrogen-bond donors (Lipinski definition) is 2. The lowest BCUT2D eigenvalue weighted by Crippen LogP contribution is -2.30. The van der Waals surface area contributed by atoms with Crippen LogP contribution in [0, 0.1) is 0 Å². The Morgan fingerprint density at radius 2 is 1.55 bits per heavy atom. The third-order valence-electron chi connectivity index (χ3n) is 3.67. The Morgan fingerprint density at radius 3 is 2.36 bits per heavy atom. The Kier molecular flexibility index (Phi) is 4.35. The van der Waals surface area contributed by atoms with Crippen molar-refractivity contribution in [3.05, 3.63) is 78.4 Å². The highest BCUT2D eigenvalue weighted by Crippen LogP contribution is 2.24. The Labute approximate surface area is 136 Å². The van der Waals surface area contributed by atoms with Crippen LogP contribution < -0.4 is 10.6 Å². The van der Waals surface area contributed by atoms with E-state index in [1.165, 1.54) is 16.3 Å². The lowest BCUT2D eigenvalue weighted by atomic mass is 10.00. The van der Waals surface area contributed by atoms with Crippen molar-refractivity contribution in [2.75, 3.05) is 5.32 Å². The first-order valence-corrected chi connectivity index (χ1v) is 7.75. The molecule has 1 atom stereocenters. The van der Waals surface area contributed by atoms with E-state index in [1.54, 1.807) is 0 Å². The van der Waals surface area contributed by atoms with Crippen LogP contribution in [0.1, 0.15) is 18.5 Å². The summed E-state index contributed by atoms with van der Waals surface area (Å²) < 4.78 is 0. The van der Waals surface area contributed by atoms with E-state index in [0.717, 1.165) is 5.69 Å². The van der Waals surface area contributed by atoms with Crippen LogP contribution in [0.2, 0.25) is 0 Å². The fourth-order valence-corrected chi connectivity index (χ4v) is 2.89. The molecule has 0 bridgehead atoms. The molecule has 2 nitrogen and oxygen atoms in total. The van der Waals surface area contributed by atoms with Crippen molar-refractivity contribution in [1.82, 2.24) is 5.32 Å². The maximum Gasteiger partial charge on any atom is 0.171 e. The molecule has 110 valence electrons. The second-order valence-electron chi connectivity index (χ2n) is 5.25. The summed E-state index contributed by atoms with van der Waals surface area (Å²) in [6.45, 7) is 2.13. The van der Waals surface area contributed by atoms with Gasteiger partial charge < -0.3 is 10.6 Å². The molecule has 0 spiro atoms. The quantitative estimate of drug-likeness (QED) is 0.674. The standard InChI is InChI=1S/C19H18N2S/c1-14(20-19(22)21-16-10-3-2-4-11-16)17-13-7-9-15-8-5-6-12-18(15)17/h2-14H,1H3,(H2,20,21,22)/t14-/m1/s1. The van der Waals surface area contributed by atoms with Gasteiger partial charge in [0, 0.05) is 5.69 Å². The molecule has 3 heteroatoms. The van der Waals surface area contributed by atoms with Gasteiger partial charge in [0.25, 0.3) is 0 Å². The van der Waals surface area contributed by atoms with E-state index in [4.69, 9.17) is 12.2 Å². The fraction of sp³-hybridized carbons (Fsp3) is 0.105. The van der Waals surface area contributed by atoms with Crippen LogP contribution in [0.3, 0.4) is 0 Å². The van der Waals surface area contributed by atoms with Gasteiger partial charge in [-0.3, -0.25) is 0 Å². The maximum absolute atomic E-state index is 5.41. The first-order chi connectivity index (χ1) is 10.7. The van der Waals surface area contributed by atoms with Crippen LogP contribution >= 0.6 is 12.2 Å². The zero-order valence-corrected chi connectivity index (χ0v) is 13.2. The molecule has 0 aliphatic carbocycles. The number of nitrogens with one attached hydrogen (secondary N) is 2. The Morgan fingerprint density at radius 1 is 0.864 bits per heavy atom. The van der Waals surface area contributed by atoms with Crippen molar-refractivity contribution in [3.63, 3.8) is 0 Å². The highest BCUT2D eigenvalue weighted by Gasteiger charge is 2.10. The average Bonchev–Trinajstić information content (AvgIpc) is 2.55. The maximum atomic E-state index is 5.41. The summed E-state index contributed by atoms with van der Waals surface area (Å²) in [5.41, 5.74) is 2.24. The highest BCUT2D eigenvalue weighted by atomic mass is 32.1. The largest absolute Gasteiger partial charge is 0.356 e. The molecular weight excluding hydrogens is 288 g/mol. The van der Waals surface area contributed by atoms with Gasteiger partial charge in [-0.1, -0.05) is 60.7 Å². The molecule has 0 aliphatic rings. The summed E-state index contributed by atoms with van der Waals surface area (Å²) in [5.74, 6) is 0. The van der Waals surface area contributed by atoms with Crippen LogP contribution in [-0.4, -0.2) is 5.11 Å². The molecule has 0 saturated carbocycles. The van der Waals surface area contributed by atoms with Gasteiger partial charge in [-0.15, -0.1) is 0 Å². The van der Waals surface area contributed by atoms with Gasteiger partial charge in [-0.2, -0.15) is 0 Å². The van der Waals surface area contributed by atoms with Gasteiger partial charge >= 0.3 is 0 Å². The Balaban J connectivity index is 1.76. The molecule has 0 heterocycles. The molecule has 0 radical (unpaired) electrons. The molecule has 3 aromatic rings. The van der Waals surface area contributed by atoms with Gasteiger partial charge in [-0.25, -0.2) is 0 Å². The van der Waals surface area contributed by atoms with E-state index in [2.05, 4.69) is 60.0 Å². The topological polar surface area (TPSA) is 24.1 Å². The molecule has 0 unspecified atom stereocenters. The van der Waals surface area contributed by atoms with Crippen molar-refractivity contribution in [1.29, 1.82) is 0 Å². The number of benzene rings is 3. The second kappa shape index (κ2) is 6.58. The minimum absolute atomic E-state index is 0.134. The zero-order valence-electron chi connectivity index (χ0n) is 12.4. The molecule has 0 amide bonds. The minimum Gasteiger partial charge on any atom is -0.356 e. The lowest BCUT2D eigenvalue weighted by Gasteiger charge is -2.19. The van der Waals surface area contributed by atoms with E-state index in [9.17, 15) is 0 Å². The van der Waals surface area contributed by atoms with Crippen molar-refractivity contribution < 1.29 is 0 Å². The molecule has 2 N–H and O–H groups in total.